The summed E-state index contributed by atoms with van der Waals surface area (Å²) < 4.78 is 5.14. The van der Waals surface area contributed by atoms with Crippen LogP contribution in [0.2, 0.25) is 0 Å². The van der Waals surface area contributed by atoms with Crippen LogP contribution in [0.15, 0.2) is 0 Å². The van der Waals surface area contributed by atoms with Gasteiger partial charge in [0.1, 0.15) is 5.92 Å². The van der Waals surface area contributed by atoms with Crippen molar-refractivity contribution in [2.24, 2.45) is 11.8 Å². The summed E-state index contributed by atoms with van der Waals surface area (Å²) in [6, 6.07) is -0.335. The SMILES string of the molecule is CC1CC1NC(=O)N(C)C1COCC1C(=O)O. The van der Waals surface area contributed by atoms with Crippen molar-refractivity contribution in [3.8, 4) is 0 Å². The second-order valence-electron chi connectivity index (χ2n) is 4.93. The van der Waals surface area contributed by atoms with Crippen LogP contribution in [0.25, 0.3) is 0 Å². The number of carboxylic acid groups (broad SMARTS) is 1. The van der Waals surface area contributed by atoms with Gasteiger partial charge in [-0.05, 0) is 12.3 Å². The summed E-state index contributed by atoms with van der Waals surface area (Å²) in [7, 11) is 1.62. The van der Waals surface area contributed by atoms with E-state index in [1.807, 2.05) is 0 Å². The maximum Gasteiger partial charge on any atom is 0.317 e. The van der Waals surface area contributed by atoms with Crippen LogP contribution in [0.5, 0.6) is 0 Å². The molecule has 2 amide bonds. The quantitative estimate of drug-likeness (QED) is 0.737. The van der Waals surface area contributed by atoms with Crippen LogP contribution in [0.3, 0.4) is 0 Å². The van der Waals surface area contributed by atoms with Crippen LogP contribution in [0.4, 0.5) is 4.79 Å². The number of nitrogens with zero attached hydrogens (tertiary/aromatic N) is 1. The fraction of sp³-hybridized carbons (Fsp3) is 0.818. The molecule has 0 radical (unpaired) electrons. The zero-order chi connectivity index (χ0) is 12.6. The molecule has 4 atom stereocenters. The van der Waals surface area contributed by atoms with Crippen LogP contribution >= 0.6 is 0 Å². The molecule has 4 unspecified atom stereocenters. The zero-order valence-electron chi connectivity index (χ0n) is 10.0. The van der Waals surface area contributed by atoms with Gasteiger partial charge in [0, 0.05) is 13.1 Å². The molecule has 2 N–H and O–H groups in total. The first-order chi connectivity index (χ1) is 8.00. The molecule has 0 bridgehead atoms. The van der Waals surface area contributed by atoms with Crippen molar-refractivity contribution in [2.75, 3.05) is 20.3 Å². The summed E-state index contributed by atoms with van der Waals surface area (Å²) in [6.07, 6.45) is 1.00. The number of carboxylic acids is 1. The van der Waals surface area contributed by atoms with Gasteiger partial charge in [-0.2, -0.15) is 0 Å². The number of carbonyl (C=O) groups is 2. The molecule has 6 nitrogen and oxygen atoms in total. The first-order valence-corrected chi connectivity index (χ1v) is 5.84. The lowest BCUT2D eigenvalue weighted by Gasteiger charge is -2.26. The third kappa shape index (κ3) is 2.52. The molecule has 0 spiro atoms. The number of likely N-dealkylation sites (N-methyl/N-ethyl adjacent to an activating group) is 1. The van der Waals surface area contributed by atoms with Gasteiger partial charge in [-0.15, -0.1) is 0 Å². The first-order valence-electron chi connectivity index (χ1n) is 5.84. The molecule has 2 aliphatic rings. The number of aliphatic carboxylic acids is 1. The van der Waals surface area contributed by atoms with E-state index in [2.05, 4.69) is 12.2 Å². The molecule has 1 saturated carbocycles. The fourth-order valence-corrected chi connectivity index (χ4v) is 2.09. The van der Waals surface area contributed by atoms with Crippen molar-refractivity contribution < 1.29 is 19.4 Å². The number of nitrogens with one attached hydrogen (secondary N) is 1. The predicted molar refractivity (Wildman–Crippen MR) is 59.6 cm³/mol. The van der Waals surface area contributed by atoms with E-state index >= 15 is 0 Å². The molecule has 1 heterocycles. The number of hydrogen-bond donors (Lipinski definition) is 2. The van der Waals surface area contributed by atoms with Gasteiger partial charge in [0.15, 0.2) is 0 Å². The molecule has 0 aromatic rings. The van der Waals surface area contributed by atoms with E-state index in [0.29, 0.717) is 12.5 Å². The average Bonchev–Trinajstić information content (AvgIpc) is 2.82. The van der Waals surface area contributed by atoms with Gasteiger partial charge in [0.25, 0.3) is 0 Å². The lowest BCUT2D eigenvalue weighted by molar-refractivity contribution is -0.142. The van der Waals surface area contributed by atoms with E-state index < -0.39 is 11.9 Å². The van der Waals surface area contributed by atoms with Crippen LogP contribution in [-0.4, -0.2) is 54.4 Å². The Morgan fingerprint density at radius 1 is 1.41 bits per heavy atom. The second-order valence-corrected chi connectivity index (χ2v) is 4.93. The third-order valence-electron chi connectivity index (χ3n) is 3.60. The molecule has 1 saturated heterocycles. The highest BCUT2D eigenvalue weighted by Crippen LogP contribution is 2.29. The summed E-state index contributed by atoms with van der Waals surface area (Å²) in [6.45, 7) is 2.54. The Hall–Kier alpha value is -1.30. The van der Waals surface area contributed by atoms with Crippen LogP contribution in [-0.2, 0) is 9.53 Å². The molecule has 2 rings (SSSR count). The van der Waals surface area contributed by atoms with Gasteiger partial charge in [-0.25, -0.2) is 4.79 Å². The standard InChI is InChI=1S/C11H18N2O4/c1-6-3-8(6)12-11(16)13(2)9-5-17-4-7(9)10(14)15/h6-9H,3-5H2,1-2H3,(H,12,16)(H,14,15). The Morgan fingerprint density at radius 3 is 2.59 bits per heavy atom. The van der Waals surface area contributed by atoms with Gasteiger partial charge in [-0.1, -0.05) is 6.92 Å². The minimum atomic E-state index is -0.910. The molecule has 2 fully saturated rings. The maximum atomic E-state index is 11.9. The summed E-state index contributed by atoms with van der Waals surface area (Å²) in [5.41, 5.74) is 0. The van der Waals surface area contributed by atoms with E-state index in [9.17, 15) is 9.59 Å². The topological polar surface area (TPSA) is 78.9 Å². The molecule has 0 aromatic heterocycles. The maximum absolute atomic E-state index is 11.9. The van der Waals surface area contributed by atoms with Gasteiger partial charge in [0.2, 0.25) is 0 Å². The highest BCUT2D eigenvalue weighted by molar-refractivity contribution is 5.77. The van der Waals surface area contributed by atoms with Crippen molar-refractivity contribution in [1.82, 2.24) is 10.2 Å². The number of urea groups is 1. The molecule has 96 valence electrons. The lowest BCUT2D eigenvalue weighted by atomic mass is 10.0. The Bertz CT molecular complexity index is 333. The molecule has 6 heteroatoms. The van der Waals surface area contributed by atoms with Crippen molar-refractivity contribution >= 4 is 12.0 Å². The Labute approximate surface area is 99.9 Å². The Kier molecular flexibility index (Phi) is 3.24. The third-order valence-corrected chi connectivity index (χ3v) is 3.60. The largest absolute Gasteiger partial charge is 0.481 e. The fourth-order valence-electron chi connectivity index (χ4n) is 2.09. The van der Waals surface area contributed by atoms with Crippen molar-refractivity contribution in [1.29, 1.82) is 0 Å². The molecular weight excluding hydrogens is 224 g/mol. The van der Waals surface area contributed by atoms with Gasteiger partial charge >= 0.3 is 12.0 Å². The Morgan fingerprint density at radius 2 is 2.06 bits per heavy atom. The molecule has 17 heavy (non-hydrogen) atoms. The zero-order valence-corrected chi connectivity index (χ0v) is 10.0. The minimum Gasteiger partial charge on any atom is -0.481 e. The highest BCUT2D eigenvalue weighted by atomic mass is 16.5. The lowest BCUT2D eigenvalue weighted by Crippen LogP contribution is -2.49. The van der Waals surface area contributed by atoms with Crippen LogP contribution < -0.4 is 5.32 Å². The average molecular weight is 242 g/mol. The summed E-state index contributed by atoms with van der Waals surface area (Å²) >= 11 is 0. The van der Waals surface area contributed by atoms with Gasteiger partial charge < -0.3 is 20.1 Å². The molecule has 0 aromatic carbocycles. The number of ether oxygens (including phenoxy) is 1. The van der Waals surface area contributed by atoms with E-state index in [4.69, 9.17) is 9.84 Å². The predicted octanol–water partition coefficient (Wildman–Crippen LogP) is 0.136. The minimum absolute atomic E-state index is 0.178. The van der Waals surface area contributed by atoms with E-state index in [1.54, 1.807) is 7.05 Å². The first kappa shape index (κ1) is 12.2. The molecule has 1 aliphatic heterocycles. The van der Waals surface area contributed by atoms with Crippen molar-refractivity contribution in [2.45, 2.75) is 25.4 Å². The normalized spacial score (nSPS) is 35.4. The second kappa shape index (κ2) is 4.52. The molecule has 1 aliphatic carbocycles. The van der Waals surface area contributed by atoms with Gasteiger partial charge in [0.05, 0.1) is 19.3 Å². The Balaban J connectivity index is 1.91. The summed E-state index contributed by atoms with van der Waals surface area (Å²) in [5.74, 6) is -1.00. The summed E-state index contributed by atoms with van der Waals surface area (Å²) in [5, 5.41) is 11.9. The van der Waals surface area contributed by atoms with Crippen molar-refractivity contribution in [3.63, 3.8) is 0 Å². The van der Waals surface area contributed by atoms with Gasteiger partial charge in [-0.3, -0.25) is 4.79 Å². The van der Waals surface area contributed by atoms with Crippen molar-refractivity contribution in [3.05, 3.63) is 0 Å². The highest BCUT2D eigenvalue weighted by Gasteiger charge is 2.40. The van der Waals surface area contributed by atoms with Crippen LogP contribution in [0.1, 0.15) is 13.3 Å². The summed E-state index contributed by atoms with van der Waals surface area (Å²) in [4.78, 5) is 24.3. The smallest absolute Gasteiger partial charge is 0.317 e. The van der Waals surface area contributed by atoms with E-state index in [-0.39, 0.29) is 24.7 Å². The number of hydrogen-bond acceptors (Lipinski definition) is 3. The monoisotopic (exact) mass is 242 g/mol. The molecular formula is C11H18N2O4. The number of carbonyl (C=O) groups excluding carboxylic acids is 1. The number of rotatable bonds is 3. The van der Waals surface area contributed by atoms with Crippen LogP contribution in [0, 0.1) is 11.8 Å². The van der Waals surface area contributed by atoms with E-state index in [0.717, 1.165) is 6.42 Å². The number of amides is 2. The van der Waals surface area contributed by atoms with E-state index in [1.165, 1.54) is 4.90 Å².